The van der Waals surface area contributed by atoms with Gasteiger partial charge in [-0.3, -0.25) is 23.6 Å². The Labute approximate surface area is 451 Å². The van der Waals surface area contributed by atoms with Gasteiger partial charge in [0.05, 0.1) is 12.9 Å². The molecule has 72 heavy (non-hydrogen) atoms. The van der Waals surface area contributed by atoms with E-state index in [-0.39, 0.29) is 63.7 Å². The molecule has 5 N–H and O–H groups in total. The predicted octanol–water partition coefficient (Wildman–Crippen LogP) is 16.0. The Kier molecular flexibility index (Phi) is 30.0. The van der Waals surface area contributed by atoms with Gasteiger partial charge in [-0.25, -0.2) is 4.39 Å². The number of alkyl halides is 3. The number of carbonyl (C=O) groups excluding carboxylic acids is 4. The molecule has 5 rings (SSSR count). The second kappa shape index (κ2) is 31.5. The fourth-order valence-electron chi connectivity index (χ4n) is 11.1. The van der Waals surface area contributed by atoms with E-state index in [9.17, 15) is 33.1 Å². The predicted molar refractivity (Wildman–Crippen MR) is 307 cm³/mol. The maximum atomic E-state index is 12.6. The highest BCUT2D eigenvalue weighted by atomic mass is 127. The van der Waals surface area contributed by atoms with Gasteiger partial charge in [-0.1, -0.05) is 175 Å². The van der Waals surface area contributed by atoms with Crippen LogP contribution in [0.25, 0.3) is 0 Å². The summed E-state index contributed by atoms with van der Waals surface area (Å²) in [6, 6.07) is 0. The average Bonchev–Trinajstić information content (AvgIpc) is 3.32. The molecule has 0 aromatic rings. The first-order valence-electron chi connectivity index (χ1n) is 26.8. The zero-order chi connectivity index (χ0) is 55.9. The summed E-state index contributed by atoms with van der Waals surface area (Å²) in [4.78, 5) is 45.3. The third kappa shape index (κ3) is 19.4. The number of aliphatic hydroxyl groups is 1. The molecule has 412 valence electrons. The Bertz CT molecular complexity index is 1960. The van der Waals surface area contributed by atoms with Crippen LogP contribution in [0.2, 0.25) is 0 Å². The number of aliphatic hydroxyl groups excluding tert-OH is 1. The average molecular weight is 1120 g/mol. The van der Waals surface area contributed by atoms with E-state index in [1.807, 2.05) is 54.7 Å². The topological polar surface area (TPSA) is 150 Å². The molecule has 0 bridgehead atoms. The van der Waals surface area contributed by atoms with Crippen molar-refractivity contribution in [3.8, 4) is 0 Å². The number of ether oxygens (including phenoxy) is 1. The third-order valence-electron chi connectivity index (χ3n) is 16.5. The molecule has 5 aliphatic carbocycles. The number of fused-ring (bicyclic) bond motifs is 7. The lowest BCUT2D eigenvalue weighted by molar-refractivity contribution is -0.167. The minimum absolute atomic E-state index is 0.0247. The summed E-state index contributed by atoms with van der Waals surface area (Å²) in [5.41, 5.74) is 14.3. The van der Waals surface area contributed by atoms with Gasteiger partial charge < -0.3 is 21.3 Å². The van der Waals surface area contributed by atoms with Crippen LogP contribution in [0.1, 0.15) is 188 Å². The van der Waals surface area contributed by atoms with E-state index in [0.29, 0.717) is 21.8 Å². The number of nitrogens with two attached hydrogens (primary N) is 2. The zero-order valence-corrected chi connectivity index (χ0v) is 50.2. The van der Waals surface area contributed by atoms with Crippen molar-refractivity contribution in [3.63, 3.8) is 0 Å². The Morgan fingerprint density at radius 2 is 1.43 bits per heavy atom. The number of carbonyl (C=O) groups is 4. The number of rotatable bonds is 14. The van der Waals surface area contributed by atoms with Crippen molar-refractivity contribution in [3.05, 3.63) is 82.9 Å². The van der Waals surface area contributed by atoms with Crippen molar-refractivity contribution in [1.82, 2.24) is 0 Å². The normalized spacial score (nSPS) is 28.5. The fraction of sp³-hybridized carbons (Fsp3) is 0.705. The summed E-state index contributed by atoms with van der Waals surface area (Å²) < 4.78 is 27.3. The molecular formula is C61H101F2IN2O6. The van der Waals surface area contributed by atoms with Gasteiger partial charge in [0.25, 0.3) is 0 Å². The number of hydrogen-bond donors (Lipinski definition) is 3. The second-order valence-electron chi connectivity index (χ2n) is 23.8. The van der Waals surface area contributed by atoms with Gasteiger partial charge in [-0.2, -0.15) is 0 Å². The molecule has 11 heteroatoms. The Hall–Kier alpha value is -3.35. The van der Waals surface area contributed by atoms with Gasteiger partial charge >= 0.3 is 0 Å². The lowest BCUT2D eigenvalue weighted by atomic mass is 9.34. The molecular weight excluding hydrogens is 1020 g/mol. The van der Waals surface area contributed by atoms with Crippen molar-refractivity contribution in [2.45, 2.75) is 188 Å². The summed E-state index contributed by atoms with van der Waals surface area (Å²) in [6.45, 7) is 36.1. The van der Waals surface area contributed by atoms with Crippen LogP contribution in [0.15, 0.2) is 82.9 Å². The van der Waals surface area contributed by atoms with Gasteiger partial charge in [-0.15, -0.1) is 0 Å². The van der Waals surface area contributed by atoms with E-state index >= 15 is 0 Å². The Morgan fingerprint density at radius 3 is 1.89 bits per heavy atom. The summed E-state index contributed by atoms with van der Waals surface area (Å²) in [5.74, 6) is 2.72. The molecule has 0 aromatic heterocycles. The van der Waals surface area contributed by atoms with Gasteiger partial charge in [0.2, 0.25) is 17.6 Å². The molecule has 8 nitrogen and oxygen atoms in total. The molecule has 0 unspecified atom stereocenters. The maximum absolute atomic E-state index is 12.6. The van der Waals surface area contributed by atoms with E-state index in [1.54, 1.807) is 39.0 Å². The summed E-state index contributed by atoms with van der Waals surface area (Å²) in [6.07, 6.45) is 29.6. The van der Waals surface area contributed by atoms with E-state index in [4.69, 9.17) is 11.5 Å². The van der Waals surface area contributed by atoms with Crippen LogP contribution in [0.3, 0.4) is 0 Å². The molecule has 0 spiro atoms. The first-order valence-corrected chi connectivity index (χ1v) is 28.3. The zero-order valence-electron chi connectivity index (χ0n) is 48.0. The highest BCUT2D eigenvalue weighted by Crippen LogP contribution is 2.75. The van der Waals surface area contributed by atoms with E-state index in [1.165, 1.54) is 37.5 Å². The van der Waals surface area contributed by atoms with Crippen LogP contribution in [-0.2, 0) is 23.9 Å². The fourth-order valence-corrected chi connectivity index (χ4v) is 11.1. The van der Waals surface area contributed by atoms with Gasteiger partial charge in [0.1, 0.15) is 19.6 Å². The molecule has 0 aliphatic heterocycles. The molecule has 2 amide bonds. The Balaban J connectivity index is 0.00000105. The quantitative estimate of drug-likeness (QED) is 0.0300. The minimum Gasteiger partial charge on any atom is -0.504 e. The lowest BCUT2D eigenvalue weighted by Gasteiger charge is -2.70. The number of ketones is 1. The van der Waals surface area contributed by atoms with E-state index < -0.39 is 12.1 Å². The molecule has 0 aromatic carbocycles. The standard InChI is InChI=1S/C29H39NO3.C10H18O.C8H18.C7H11FO.C5H11NO.C2H4FI/c1-17-18-7-8-21-27(4,19(18)15-20(31)23(17)32)12-14-29(6)22-16-26(3,24(30)33)10-9-25(22,2)11-13-28(21,29)5;1-4-9(2)8-10(3)6-5-7-11;1-5-8(4)6-7(2)3;1-2-3-4-6-9-7-5-8;1-5(2,3)4(6)7;3-1-2-4/h7-8,15,22,32H,9-14,16H2,1-6H3,(H2,30,33);5-7,9-10H,4,8H2,1-3H3;7-8H,5-6H2,1-4H3;2-4,6H,5,7H2,1H3;1-3H3,(H2,6,7);1-2H2/b;6-5+;;3-2+,6-4+;;/t22-,25-,26-,27+,28-,29+;9-,10+;8-;;;/m101.../s1. The summed E-state index contributed by atoms with van der Waals surface area (Å²) >= 11 is 1.98. The number of aldehydes is 1. The summed E-state index contributed by atoms with van der Waals surface area (Å²) in [5, 5.41) is 10.3. The largest absolute Gasteiger partial charge is 0.504 e. The van der Waals surface area contributed by atoms with Crippen molar-refractivity contribution in [2.75, 3.05) is 24.4 Å². The first-order chi connectivity index (χ1) is 33.4. The van der Waals surface area contributed by atoms with Crippen LogP contribution in [0.4, 0.5) is 8.78 Å². The van der Waals surface area contributed by atoms with Crippen LogP contribution in [0, 0.1) is 62.1 Å². The smallest absolute Gasteiger partial charge is 0.223 e. The van der Waals surface area contributed by atoms with Crippen LogP contribution in [0.5, 0.6) is 0 Å². The van der Waals surface area contributed by atoms with Gasteiger partial charge in [0.15, 0.2) is 5.76 Å². The van der Waals surface area contributed by atoms with E-state index in [0.717, 1.165) is 80.1 Å². The number of halogens is 3. The monoisotopic (exact) mass is 1120 g/mol. The third-order valence-corrected chi connectivity index (χ3v) is 16.9. The SMILES string of the molecule is C/C=C/C=C/OCCF.CC(C)(C)C(N)=O.CC1=C(O)C(=O)C=C2C1=CC=C1[C@@]2(C)CC[C@@]2(C)[C@@H]3C[C@](C)(C(N)=O)CC[C@]3(C)CC[C@]12C.CC[C@@H](C)CC(C)C.CC[C@H](C)C[C@H](C)/C=C/C=O.FCCI. The minimum atomic E-state index is -0.433. The lowest BCUT2D eigenvalue weighted by Crippen LogP contribution is -2.62. The number of hydrogen-bond acceptors (Lipinski definition) is 6. The van der Waals surface area contributed by atoms with Crippen LogP contribution < -0.4 is 11.5 Å². The summed E-state index contributed by atoms with van der Waals surface area (Å²) in [7, 11) is 0. The molecule has 0 radical (unpaired) electrons. The first kappa shape index (κ1) is 68.7. The Morgan fingerprint density at radius 1 is 0.875 bits per heavy atom. The van der Waals surface area contributed by atoms with Crippen molar-refractivity contribution in [2.24, 2.45) is 73.5 Å². The highest BCUT2D eigenvalue weighted by molar-refractivity contribution is 14.1. The number of amides is 2. The van der Waals surface area contributed by atoms with Gasteiger partial charge in [-0.05, 0) is 147 Å². The number of allylic oxidation sites excluding steroid dienone is 12. The molecule has 5 aliphatic rings. The molecule has 9 atom stereocenters. The van der Waals surface area contributed by atoms with Crippen LogP contribution >= 0.6 is 22.6 Å². The highest BCUT2D eigenvalue weighted by Gasteiger charge is 2.67. The van der Waals surface area contributed by atoms with Crippen molar-refractivity contribution < 1.29 is 37.8 Å². The molecule has 3 fully saturated rings. The molecule has 3 saturated carbocycles. The van der Waals surface area contributed by atoms with Crippen LogP contribution in [-0.4, -0.2) is 53.4 Å². The molecule has 0 saturated heterocycles. The maximum Gasteiger partial charge on any atom is 0.223 e. The second-order valence-corrected chi connectivity index (χ2v) is 24.8. The number of primary amides is 2. The van der Waals surface area contributed by atoms with Crippen molar-refractivity contribution >= 4 is 46.5 Å². The molecule has 0 heterocycles. The van der Waals surface area contributed by atoms with Crippen molar-refractivity contribution in [1.29, 1.82) is 0 Å². The van der Waals surface area contributed by atoms with E-state index in [2.05, 4.69) is 100.0 Å². The van der Waals surface area contributed by atoms with Gasteiger partial charge in [0, 0.05) is 26.2 Å².